The summed E-state index contributed by atoms with van der Waals surface area (Å²) in [7, 11) is -11.3. The van der Waals surface area contributed by atoms with Crippen molar-refractivity contribution in [3.05, 3.63) is 0 Å². The number of phosphoric acid groups is 3. The van der Waals surface area contributed by atoms with Crippen LogP contribution in [-0.4, -0.2) is 54.3 Å². The van der Waals surface area contributed by atoms with Gasteiger partial charge in [0.1, 0.15) is 0 Å². The van der Waals surface area contributed by atoms with Crippen LogP contribution in [0.15, 0.2) is 0 Å². The van der Waals surface area contributed by atoms with Crippen LogP contribution in [0, 0.1) is 0 Å². The summed E-state index contributed by atoms with van der Waals surface area (Å²) < 4.78 is 61.5. The van der Waals surface area contributed by atoms with Gasteiger partial charge in [0, 0.05) is 0 Å². The Morgan fingerprint density at radius 1 is 0.359 bits per heavy atom. The predicted octanol–water partition coefficient (Wildman–Crippen LogP) is 8.16. The normalized spacial score (nSPS) is 11.9. The Balaban J connectivity index is -0.000000498. The lowest BCUT2D eigenvalue weighted by molar-refractivity contribution is 0.145. The highest BCUT2D eigenvalue weighted by Gasteiger charge is 2.21. The van der Waals surface area contributed by atoms with E-state index in [0.29, 0.717) is 0 Å². The zero-order valence-corrected chi connectivity index (χ0v) is 27.8. The first-order valence-corrected chi connectivity index (χ1v) is 18.7. The van der Waals surface area contributed by atoms with E-state index in [-0.39, 0.29) is 39.6 Å². The van der Waals surface area contributed by atoms with Crippen LogP contribution in [-0.2, 0) is 40.8 Å². The molecule has 0 fully saturated rings. The molecule has 0 atom stereocenters. The van der Waals surface area contributed by atoms with Crippen molar-refractivity contribution in [3.8, 4) is 0 Å². The van der Waals surface area contributed by atoms with Gasteiger partial charge >= 0.3 is 23.5 Å². The van der Waals surface area contributed by atoms with Crippen molar-refractivity contribution in [3.63, 3.8) is 0 Å². The molecule has 0 bridgehead atoms. The Morgan fingerprint density at radius 2 is 0.487 bits per heavy atom. The van der Waals surface area contributed by atoms with Gasteiger partial charge in [0.2, 0.25) is 0 Å². The average molecular weight is 631 g/mol. The van der Waals surface area contributed by atoms with Crippen LogP contribution >= 0.6 is 23.5 Å². The molecule has 12 nitrogen and oxygen atoms in total. The van der Waals surface area contributed by atoms with E-state index in [9.17, 15) is 13.7 Å². The van der Waals surface area contributed by atoms with Crippen LogP contribution in [0.3, 0.4) is 0 Å². The first-order chi connectivity index (χ1) is 18.4. The van der Waals surface area contributed by atoms with Gasteiger partial charge in [0.25, 0.3) is 0 Å². The van der Waals surface area contributed by atoms with Gasteiger partial charge in [0.05, 0.1) is 39.6 Å². The molecule has 3 N–H and O–H groups in total. The van der Waals surface area contributed by atoms with E-state index >= 15 is 0 Å². The summed E-state index contributed by atoms with van der Waals surface area (Å²) in [5, 5.41) is 0. The molecule has 0 heterocycles. The summed E-state index contributed by atoms with van der Waals surface area (Å²) in [6.45, 7) is 13.7. The van der Waals surface area contributed by atoms with E-state index < -0.39 is 23.5 Å². The van der Waals surface area contributed by atoms with Gasteiger partial charge in [-0.25, -0.2) is 13.7 Å². The summed E-state index contributed by atoms with van der Waals surface area (Å²) in [6.07, 6.45) is 10.3. The lowest BCUT2D eigenvalue weighted by atomic mass is 10.4. The summed E-state index contributed by atoms with van der Waals surface area (Å²) in [5.74, 6) is 0. The van der Waals surface area contributed by atoms with Crippen molar-refractivity contribution in [1.29, 1.82) is 0 Å². The van der Waals surface area contributed by atoms with E-state index in [2.05, 4.69) is 0 Å². The third kappa shape index (κ3) is 38.3. The van der Waals surface area contributed by atoms with Crippen LogP contribution in [0.4, 0.5) is 0 Å². The zero-order chi connectivity index (χ0) is 30.5. The standard InChI is InChI=1S/3C8H19O4P/c3*1-3-5-7-11-13(9,10)12-8-6-4-2/h3*3-8H2,1-2H3,(H,9,10). The highest BCUT2D eigenvalue weighted by atomic mass is 31.2. The third-order valence-corrected chi connectivity index (χ3v) is 7.57. The van der Waals surface area contributed by atoms with Crippen LogP contribution in [0.5, 0.6) is 0 Å². The molecule has 0 radical (unpaired) electrons. The predicted molar refractivity (Wildman–Crippen MR) is 155 cm³/mol. The molecule has 0 amide bonds. The molecule has 0 aliphatic carbocycles. The molecule has 240 valence electrons. The van der Waals surface area contributed by atoms with Crippen molar-refractivity contribution in [1.82, 2.24) is 0 Å². The summed E-state index contributed by atoms with van der Waals surface area (Å²) in [4.78, 5) is 27.2. The Kier molecular flexibility index (Phi) is 33.5. The van der Waals surface area contributed by atoms with Gasteiger partial charge in [0.15, 0.2) is 0 Å². The number of hydrogen-bond donors (Lipinski definition) is 3. The number of unbranched alkanes of at least 4 members (excludes halogenated alkanes) is 6. The number of phosphoric ester groups is 3. The van der Waals surface area contributed by atoms with Crippen molar-refractivity contribution in [2.24, 2.45) is 0 Å². The molecule has 0 aromatic heterocycles. The van der Waals surface area contributed by atoms with Crippen molar-refractivity contribution in [2.75, 3.05) is 39.6 Å². The van der Waals surface area contributed by atoms with E-state index in [1.807, 2.05) is 41.5 Å². The molecule has 0 aliphatic rings. The molecule has 0 spiro atoms. The van der Waals surface area contributed by atoms with Crippen molar-refractivity contribution >= 4 is 23.5 Å². The molecular weight excluding hydrogens is 573 g/mol. The Bertz CT molecular complexity index is 524. The van der Waals surface area contributed by atoms with Gasteiger partial charge < -0.3 is 14.7 Å². The Labute approximate surface area is 237 Å². The van der Waals surface area contributed by atoms with Crippen LogP contribution in [0.1, 0.15) is 119 Å². The lowest BCUT2D eigenvalue weighted by Crippen LogP contribution is -1.98. The molecule has 0 saturated heterocycles. The van der Waals surface area contributed by atoms with Gasteiger partial charge in [-0.2, -0.15) is 0 Å². The minimum atomic E-state index is -3.75. The zero-order valence-electron chi connectivity index (χ0n) is 25.1. The maximum absolute atomic E-state index is 11.1. The summed E-state index contributed by atoms with van der Waals surface area (Å²) in [5.41, 5.74) is 0. The topological polar surface area (TPSA) is 167 Å². The molecule has 0 rings (SSSR count). The fourth-order valence-electron chi connectivity index (χ4n) is 2.06. The monoisotopic (exact) mass is 630 g/mol. The van der Waals surface area contributed by atoms with Gasteiger partial charge in [-0.05, 0) is 38.5 Å². The second kappa shape index (κ2) is 29.8. The summed E-state index contributed by atoms with van der Waals surface area (Å²) >= 11 is 0. The fraction of sp³-hybridized carbons (Fsp3) is 1.00. The first-order valence-electron chi connectivity index (χ1n) is 14.2. The summed E-state index contributed by atoms with van der Waals surface area (Å²) in [6, 6.07) is 0. The average Bonchev–Trinajstić information content (AvgIpc) is 2.85. The van der Waals surface area contributed by atoms with E-state index in [0.717, 1.165) is 77.0 Å². The molecule has 15 heteroatoms. The highest BCUT2D eigenvalue weighted by molar-refractivity contribution is 7.47. The second-order valence-corrected chi connectivity index (χ2v) is 12.9. The maximum atomic E-state index is 11.1. The SMILES string of the molecule is CCCCOP(=O)(O)OCCCC.CCCCOP(=O)(O)OCCCC.CCCCOP(=O)(O)OCCCC. The number of hydrogen-bond acceptors (Lipinski definition) is 9. The molecule has 0 saturated carbocycles. The Hall–Kier alpha value is 0.330. The van der Waals surface area contributed by atoms with Crippen LogP contribution in [0.2, 0.25) is 0 Å². The molecule has 0 aliphatic heterocycles. The molecule has 0 aromatic carbocycles. The quantitative estimate of drug-likeness (QED) is 0.0692. The van der Waals surface area contributed by atoms with Gasteiger partial charge in [-0.15, -0.1) is 0 Å². The van der Waals surface area contributed by atoms with Gasteiger partial charge in [-0.1, -0.05) is 80.1 Å². The first kappa shape index (κ1) is 43.8. The molecule has 39 heavy (non-hydrogen) atoms. The minimum Gasteiger partial charge on any atom is -0.302 e. The van der Waals surface area contributed by atoms with E-state index in [1.165, 1.54) is 0 Å². The van der Waals surface area contributed by atoms with Gasteiger partial charge in [-0.3, -0.25) is 27.1 Å². The van der Waals surface area contributed by atoms with Crippen LogP contribution < -0.4 is 0 Å². The highest BCUT2D eigenvalue weighted by Crippen LogP contribution is 2.44. The molecule has 0 aromatic rings. The smallest absolute Gasteiger partial charge is 0.302 e. The fourth-order valence-corrected chi connectivity index (χ4v) is 4.44. The second-order valence-electron chi connectivity index (χ2n) is 8.53. The Morgan fingerprint density at radius 3 is 0.590 bits per heavy atom. The minimum absolute atomic E-state index is 0.288. The maximum Gasteiger partial charge on any atom is 0.472 e. The van der Waals surface area contributed by atoms with E-state index in [4.69, 9.17) is 41.8 Å². The van der Waals surface area contributed by atoms with Crippen molar-refractivity contribution < 1.29 is 55.5 Å². The van der Waals surface area contributed by atoms with E-state index in [1.54, 1.807) is 0 Å². The largest absolute Gasteiger partial charge is 0.472 e. The third-order valence-electron chi connectivity index (χ3n) is 4.51. The molecule has 0 unspecified atom stereocenters. The molecular formula is C24H57O12P3. The lowest BCUT2D eigenvalue weighted by Gasteiger charge is -2.10. The number of rotatable bonds is 24. The van der Waals surface area contributed by atoms with Crippen LogP contribution in [0.25, 0.3) is 0 Å². The van der Waals surface area contributed by atoms with Crippen molar-refractivity contribution in [2.45, 2.75) is 119 Å².